The third-order valence-electron chi connectivity index (χ3n) is 4.07. The van der Waals surface area contributed by atoms with Crippen LogP contribution in [0.15, 0.2) is 24.3 Å². The van der Waals surface area contributed by atoms with Gasteiger partial charge >= 0.3 is 0 Å². The first-order valence-corrected chi connectivity index (χ1v) is 7.29. The molecule has 1 atom stereocenters. The zero-order valence-corrected chi connectivity index (χ0v) is 12.5. The van der Waals surface area contributed by atoms with Crippen LogP contribution in [-0.4, -0.2) is 23.6 Å². The molecule has 21 heavy (non-hydrogen) atoms. The number of carbonyl (C=O) groups excluding carboxylic acids is 2. The molecule has 112 valence electrons. The summed E-state index contributed by atoms with van der Waals surface area (Å²) in [5.74, 6) is -0.459. The minimum atomic E-state index is -0.677. The Hall–Kier alpha value is -2.04. The van der Waals surface area contributed by atoms with Crippen molar-refractivity contribution in [1.82, 2.24) is 10.6 Å². The van der Waals surface area contributed by atoms with E-state index in [9.17, 15) is 9.59 Å². The fourth-order valence-electron chi connectivity index (χ4n) is 3.31. The lowest BCUT2D eigenvalue weighted by Crippen LogP contribution is -2.72. The van der Waals surface area contributed by atoms with Crippen LogP contribution in [-0.2, 0) is 9.59 Å². The standard InChI is InChI=1S/C16H20N2O3/c1-9(2)21-12-7-5-4-6-10(12)11-8-16(3)17-14(19)13(11)15(20)18-16/h4-7,9,11,13H,8H2,1-3H3,(H,17,19)(H,18,20). The van der Waals surface area contributed by atoms with Crippen molar-refractivity contribution < 1.29 is 14.3 Å². The minimum absolute atomic E-state index is 0.0465. The zero-order chi connectivity index (χ0) is 15.2. The molecule has 2 amide bonds. The van der Waals surface area contributed by atoms with E-state index in [2.05, 4.69) is 10.6 Å². The lowest BCUT2D eigenvalue weighted by atomic mass is 9.72. The van der Waals surface area contributed by atoms with Crippen LogP contribution in [0.2, 0.25) is 0 Å². The molecule has 0 saturated carbocycles. The van der Waals surface area contributed by atoms with Crippen molar-refractivity contribution >= 4 is 11.8 Å². The highest BCUT2D eigenvalue weighted by Gasteiger charge is 2.53. The Morgan fingerprint density at radius 3 is 2.38 bits per heavy atom. The SMILES string of the molecule is CC(C)Oc1ccccc1C1CC2(C)NC(=O)C1C(=O)N2. The maximum atomic E-state index is 12.2. The molecule has 3 heterocycles. The van der Waals surface area contributed by atoms with Gasteiger partial charge in [-0.1, -0.05) is 18.2 Å². The molecular formula is C16H20N2O3. The topological polar surface area (TPSA) is 67.4 Å². The van der Waals surface area contributed by atoms with E-state index in [1.54, 1.807) is 0 Å². The van der Waals surface area contributed by atoms with Crippen molar-refractivity contribution in [2.75, 3.05) is 0 Å². The number of hydrogen-bond donors (Lipinski definition) is 2. The van der Waals surface area contributed by atoms with Gasteiger partial charge in [0.1, 0.15) is 17.3 Å². The summed E-state index contributed by atoms with van der Waals surface area (Å²) < 4.78 is 5.85. The van der Waals surface area contributed by atoms with Crippen molar-refractivity contribution in [3.05, 3.63) is 29.8 Å². The number of fused-ring (bicyclic) bond motifs is 3. The van der Waals surface area contributed by atoms with Crippen LogP contribution in [0.1, 0.15) is 38.7 Å². The van der Waals surface area contributed by atoms with Gasteiger partial charge in [0.05, 0.1) is 6.10 Å². The molecule has 1 aromatic carbocycles. The third kappa shape index (κ3) is 2.37. The van der Waals surface area contributed by atoms with Gasteiger partial charge in [-0.2, -0.15) is 0 Å². The van der Waals surface area contributed by atoms with Crippen molar-refractivity contribution in [1.29, 1.82) is 0 Å². The summed E-state index contributed by atoms with van der Waals surface area (Å²) in [5, 5.41) is 5.74. The molecule has 1 unspecified atom stereocenters. The summed E-state index contributed by atoms with van der Waals surface area (Å²) in [5.41, 5.74) is 0.269. The summed E-state index contributed by atoms with van der Waals surface area (Å²) in [6.45, 7) is 5.77. The molecule has 0 spiro atoms. The smallest absolute Gasteiger partial charge is 0.235 e. The van der Waals surface area contributed by atoms with Crippen molar-refractivity contribution in [2.24, 2.45) is 5.92 Å². The maximum absolute atomic E-state index is 12.2. The second-order valence-electron chi connectivity index (χ2n) is 6.30. The van der Waals surface area contributed by atoms with Gasteiger partial charge in [0, 0.05) is 5.92 Å². The van der Waals surface area contributed by atoms with Crippen LogP contribution < -0.4 is 15.4 Å². The molecule has 2 bridgehead atoms. The number of rotatable bonds is 3. The van der Waals surface area contributed by atoms with E-state index in [0.29, 0.717) is 6.42 Å². The van der Waals surface area contributed by atoms with Gasteiger partial charge in [0.2, 0.25) is 11.8 Å². The van der Waals surface area contributed by atoms with Crippen LogP contribution in [0.5, 0.6) is 5.75 Å². The summed E-state index contributed by atoms with van der Waals surface area (Å²) >= 11 is 0. The molecule has 5 heteroatoms. The minimum Gasteiger partial charge on any atom is -0.491 e. The molecule has 4 rings (SSSR count). The summed E-state index contributed by atoms with van der Waals surface area (Å²) in [6.07, 6.45) is 0.721. The van der Waals surface area contributed by atoms with Gasteiger partial charge in [-0.25, -0.2) is 0 Å². The Balaban J connectivity index is 2.01. The fraction of sp³-hybridized carbons (Fsp3) is 0.500. The first kappa shape index (κ1) is 13.9. The van der Waals surface area contributed by atoms with Crippen molar-refractivity contribution in [3.8, 4) is 5.75 Å². The highest BCUT2D eigenvalue weighted by atomic mass is 16.5. The first-order chi connectivity index (χ1) is 9.89. The Labute approximate surface area is 124 Å². The number of hydrogen-bond acceptors (Lipinski definition) is 3. The van der Waals surface area contributed by atoms with Gasteiger partial charge in [-0.15, -0.1) is 0 Å². The van der Waals surface area contributed by atoms with Crippen LogP contribution in [0.3, 0.4) is 0 Å². The molecule has 1 aromatic rings. The van der Waals surface area contributed by atoms with Crippen molar-refractivity contribution in [2.45, 2.75) is 44.9 Å². The number of benzene rings is 1. The molecule has 0 radical (unpaired) electrons. The average Bonchev–Trinajstić information content (AvgIpc) is 2.36. The predicted octanol–water partition coefficient (Wildman–Crippen LogP) is 1.54. The van der Waals surface area contributed by atoms with E-state index in [0.717, 1.165) is 11.3 Å². The summed E-state index contributed by atoms with van der Waals surface area (Å²) in [7, 11) is 0. The second-order valence-corrected chi connectivity index (χ2v) is 6.30. The second kappa shape index (κ2) is 4.76. The normalized spacial score (nSPS) is 31.0. The lowest BCUT2D eigenvalue weighted by Gasteiger charge is -2.48. The van der Waals surface area contributed by atoms with Gasteiger partial charge in [0.25, 0.3) is 0 Å². The van der Waals surface area contributed by atoms with E-state index >= 15 is 0 Å². The quantitative estimate of drug-likeness (QED) is 0.829. The van der Waals surface area contributed by atoms with Crippen LogP contribution in [0.25, 0.3) is 0 Å². The molecule has 3 saturated heterocycles. The Morgan fingerprint density at radius 1 is 1.19 bits per heavy atom. The molecule has 5 nitrogen and oxygen atoms in total. The molecule has 3 aliphatic rings. The van der Waals surface area contributed by atoms with E-state index in [1.165, 1.54) is 0 Å². The van der Waals surface area contributed by atoms with Crippen LogP contribution in [0.4, 0.5) is 0 Å². The number of ether oxygens (including phenoxy) is 1. The molecule has 0 aromatic heterocycles. The lowest BCUT2D eigenvalue weighted by molar-refractivity contribution is -0.149. The third-order valence-corrected chi connectivity index (χ3v) is 4.07. The number of piperidine rings is 2. The maximum Gasteiger partial charge on any atom is 0.235 e. The number of carbonyl (C=O) groups is 2. The summed E-state index contributed by atoms with van der Waals surface area (Å²) in [4.78, 5) is 24.4. The molecule has 3 fully saturated rings. The van der Waals surface area contributed by atoms with E-state index in [1.807, 2.05) is 45.0 Å². The number of para-hydroxylation sites is 1. The summed E-state index contributed by atoms with van der Waals surface area (Å²) in [6, 6.07) is 7.68. The Morgan fingerprint density at radius 2 is 1.81 bits per heavy atom. The monoisotopic (exact) mass is 288 g/mol. The number of amides is 2. The van der Waals surface area contributed by atoms with Crippen LogP contribution in [0, 0.1) is 5.92 Å². The van der Waals surface area contributed by atoms with E-state index in [4.69, 9.17) is 4.74 Å². The Kier molecular flexibility index (Phi) is 3.15. The van der Waals surface area contributed by atoms with Gasteiger partial charge in [-0.3, -0.25) is 9.59 Å². The average molecular weight is 288 g/mol. The van der Waals surface area contributed by atoms with Crippen LogP contribution >= 0.6 is 0 Å². The van der Waals surface area contributed by atoms with Crippen molar-refractivity contribution in [3.63, 3.8) is 0 Å². The first-order valence-electron chi connectivity index (χ1n) is 7.29. The fourth-order valence-corrected chi connectivity index (χ4v) is 3.31. The molecule has 2 N–H and O–H groups in total. The highest BCUT2D eigenvalue weighted by Crippen LogP contribution is 2.43. The highest BCUT2D eigenvalue weighted by molar-refractivity contribution is 6.05. The van der Waals surface area contributed by atoms with Gasteiger partial charge in [0.15, 0.2) is 0 Å². The number of nitrogens with one attached hydrogen (secondary N) is 2. The molecular weight excluding hydrogens is 268 g/mol. The van der Waals surface area contributed by atoms with E-state index in [-0.39, 0.29) is 23.8 Å². The van der Waals surface area contributed by atoms with E-state index < -0.39 is 11.6 Å². The largest absolute Gasteiger partial charge is 0.491 e. The molecule has 3 aliphatic heterocycles. The van der Waals surface area contributed by atoms with Gasteiger partial charge in [-0.05, 0) is 38.8 Å². The zero-order valence-electron chi connectivity index (χ0n) is 12.5. The molecule has 0 aliphatic carbocycles. The predicted molar refractivity (Wildman–Crippen MR) is 77.7 cm³/mol. The van der Waals surface area contributed by atoms with Gasteiger partial charge < -0.3 is 15.4 Å². The Bertz CT molecular complexity index is 579.